The van der Waals surface area contributed by atoms with Gasteiger partial charge >= 0.3 is 11.0 Å². The SMILES string of the molecule is Cc1ccc(NC(=O)COc2ccccc2[C@@H]2c3sc(=O)[nH]c3S[C@@H]3[C@@H]4C[C@@H]([C@@H]5C(=O)N(c6ccccc6C(F)(F)F)C(=O)[C@@H]45)[C@H]23)cc1. The number of hydrogen-bond donors (Lipinski definition) is 2. The summed E-state index contributed by atoms with van der Waals surface area (Å²) in [4.78, 5) is 57.8. The van der Waals surface area contributed by atoms with Crippen LogP contribution in [0.15, 0.2) is 82.6 Å². The van der Waals surface area contributed by atoms with Crippen LogP contribution in [0.5, 0.6) is 5.75 Å². The standard InChI is InChI=1S/C35H28F3N3O5S2/c1-16-10-12-17(13-11-16)39-24(42)15-46-23-9-5-2-6-18(23)25-26-19-14-20(29(26)47-31-30(25)48-34(45)40-31)28-27(19)32(43)41(33(28)44)22-8-4-3-7-21(22)35(36,37)38/h2-13,19-20,25-29H,14-15H2,1H3,(H,39,42)(H,40,45)/t19-,20-,25+,26-,27+,28+,29-/m1/s1. The Morgan fingerprint density at radius 2 is 1.65 bits per heavy atom. The molecule has 1 saturated heterocycles. The van der Waals surface area contributed by atoms with E-state index in [9.17, 15) is 32.3 Å². The molecule has 3 fully saturated rings. The molecular formula is C35H28F3N3O5S2. The third kappa shape index (κ3) is 4.89. The summed E-state index contributed by atoms with van der Waals surface area (Å²) in [5, 5.41) is 3.33. The van der Waals surface area contributed by atoms with Crippen molar-refractivity contribution in [1.82, 2.24) is 4.98 Å². The van der Waals surface area contributed by atoms with Crippen LogP contribution in [-0.4, -0.2) is 34.6 Å². The first kappa shape index (κ1) is 30.9. The summed E-state index contributed by atoms with van der Waals surface area (Å²) in [6, 6.07) is 19.4. The zero-order valence-corrected chi connectivity index (χ0v) is 27.0. The molecule has 8 nitrogen and oxygen atoms in total. The van der Waals surface area contributed by atoms with Gasteiger partial charge in [-0.25, -0.2) is 4.90 Å². The van der Waals surface area contributed by atoms with Gasteiger partial charge in [0.2, 0.25) is 11.8 Å². The Bertz CT molecular complexity index is 2030. The maximum atomic E-state index is 14.1. The maximum Gasteiger partial charge on any atom is 0.418 e. The van der Waals surface area contributed by atoms with Gasteiger partial charge in [0.15, 0.2) is 6.61 Å². The number of ether oxygens (including phenoxy) is 1. The lowest BCUT2D eigenvalue weighted by Crippen LogP contribution is -2.42. The molecule has 2 bridgehead atoms. The minimum Gasteiger partial charge on any atom is -0.483 e. The highest BCUT2D eigenvalue weighted by atomic mass is 32.2. The Balaban J connectivity index is 1.13. The summed E-state index contributed by atoms with van der Waals surface area (Å²) in [6.45, 7) is 1.68. The van der Waals surface area contributed by atoms with Crippen LogP contribution in [0.3, 0.4) is 0 Å². The van der Waals surface area contributed by atoms with Crippen molar-refractivity contribution in [2.75, 3.05) is 16.8 Å². The van der Waals surface area contributed by atoms with Crippen molar-refractivity contribution in [1.29, 1.82) is 0 Å². The Kier molecular flexibility index (Phi) is 7.33. The number of thiazole rings is 1. The number of amides is 3. The number of imide groups is 1. The lowest BCUT2D eigenvalue weighted by atomic mass is 9.68. The second-order valence-corrected chi connectivity index (χ2v) is 14.9. The van der Waals surface area contributed by atoms with Crippen molar-refractivity contribution in [3.63, 3.8) is 0 Å². The first-order valence-corrected chi connectivity index (χ1v) is 17.2. The Morgan fingerprint density at radius 3 is 2.40 bits per heavy atom. The number of alkyl halides is 3. The van der Waals surface area contributed by atoms with E-state index in [4.69, 9.17) is 4.74 Å². The third-order valence-corrected chi connectivity index (χ3v) is 12.7. The predicted octanol–water partition coefficient (Wildman–Crippen LogP) is 6.46. The van der Waals surface area contributed by atoms with Gasteiger partial charge in [-0.15, -0.1) is 11.8 Å². The number of anilines is 2. The lowest BCUT2D eigenvalue weighted by Gasteiger charge is -2.43. The van der Waals surface area contributed by atoms with Crippen LogP contribution in [-0.2, 0) is 20.6 Å². The number of rotatable bonds is 6. The normalized spacial score (nSPS) is 27.1. The number of aryl methyl sites for hydroxylation is 1. The number of para-hydroxylation sites is 2. The van der Waals surface area contributed by atoms with E-state index in [2.05, 4.69) is 10.3 Å². The van der Waals surface area contributed by atoms with Gasteiger partial charge in [0.05, 0.1) is 28.1 Å². The van der Waals surface area contributed by atoms with Gasteiger partial charge in [-0.05, 0) is 61.4 Å². The molecule has 1 aromatic heterocycles. The molecule has 0 radical (unpaired) electrons. The molecule has 13 heteroatoms. The molecule has 3 heterocycles. The van der Waals surface area contributed by atoms with Crippen LogP contribution in [0.2, 0.25) is 0 Å². The first-order valence-electron chi connectivity index (χ1n) is 15.5. The highest BCUT2D eigenvalue weighted by Gasteiger charge is 2.70. The quantitative estimate of drug-likeness (QED) is 0.225. The summed E-state index contributed by atoms with van der Waals surface area (Å²) in [5.74, 6) is -3.84. The number of aromatic amines is 1. The number of fused-ring (bicyclic) bond motifs is 9. The van der Waals surface area contributed by atoms with E-state index >= 15 is 0 Å². The predicted molar refractivity (Wildman–Crippen MR) is 174 cm³/mol. The van der Waals surface area contributed by atoms with E-state index in [0.29, 0.717) is 22.9 Å². The first-order chi connectivity index (χ1) is 23.0. The maximum absolute atomic E-state index is 14.1. The largest absolute Gasteiger partial charge is 0.483 e. The fourth-order valence-corrected chi connectivity index (χ4v) is 11.2. The molecule has 0 unspecified atom stereocenters. The number of carbonyl (C=O) groups excluding carboxylic acids is 3. The number of nitrogens with zero attached hydrogens (tertiary/aromatic N) is 1. The van der Waals surface area contributed by atoms with Crippen molar-refractivity contribution in [3.05, 3.63) is 104 Å². The molecule has 3 amide bonds. The Morgan fingerprint density at radius 1 is 0.958 bits per heavy atom. The molecule has 246 valence electrons. The van der Waals surface area contributed by atoms with Gasteiger partial charge in [0, 0.05) is 27.3 Å². The van der Waals surface area contributed by atoms with Crippen LogP contribution in [0.25, 0.3) is 0 Å². The highest BCUT2D eigenvalue weighted by Crippen LogP contribution is 2.69. The average molecular weight is 692 g/mol. The Hall–Kier alpha value is -4.36. The molecule has 4 aliphatic rings. The van der Waals surface area contributed by atoms with Crippen molar-refractivity contribution in [2.45, 2.75) is 35.7 Å². The van der Waals surface area contributed by atoms with E-state index in [1.165, 1.54) is 30.0 Å². The van der Waals surface area contributed by atoms with E-state index in [-0.39, 0.29) is 40.4 Å². The summed E-state index contributed by atoms with van der Waals surface area (Å²) >= 11 is 2.56. The molecule has 2 N–H and O–H groups in total. The van der Waals surface area contributed by atoms with Crippen LogP contribution in [0.4, 0.5) is 24.5 Å². The van der Waals surface area contributed by atoms with Gasteiger partial charge in [-0.2, -0.15) is 13.2 Å². The fraction of sp³-hybridized carbons (Fsp3) is 0.314. The van der Waals surface area contributed by atoms with Gasteiger partial charge < -0.3 is 15.0 Å². The average Bonchev–Trinajstić information content (AvgIpc) is 3.79. The number of benzene rings is 3. The van der Waals surface area contributed by atoms with Crippen LogP contribution in [0, 0.1) is 36.5 Å². The van der Waals surface area contributed by atoms with Gasteiger partial charge in [0.1, 0.15) is 5.75 Å². The fourth-order valence-electron chi connectivity index (χ4n) is 8.36. The number of hydrogen-bond acceptors (Lipinski definition) is 7. The molecule has 2 aliphatic heterocycles. The van der Waals surface area contributed by atoms with Crippen molar-refractivity contribution in [3.8, 4) is 5.75 Å². The van der Waals surface area contributed by atoms with E-state index < -0.39 is 47.0 Å². The summed E-state index contributed by atoms with van der Waals surface area (Å²) < 4.78 is 48.1. The molecule has 2 aliphatic carbocycles. The second kappa shape index (κ2) is 11.4. The third-order valence-electron chi connectivity index (χ3n) is 10.1. The summed E-state index contributed by atoms with van der Waals surface area (Å²) in [5.41, 5.74) is 0.971. The van der Waals surface area contributed by atoms with Crippen LogP contribution < -0.4 is 19.8 Å². The van der Waals surface area contributed by atoms with Crippen LogP contribution >= 0.6 is 23.1 Å². The minimum absolute atomic E-state index is 0.175. The molecular weight excluding hydrogens is 664 g/mol. The van der Waals surface area contributed by atoms with Crippen LogP contribution in [0.1, 0.15) is 33.9 Å². The zero-order valence-electron chi connectivity index (χ0n) is 25.3. The molecule has 2 saturated carbocycles. The van der Waals surface area contributed by atoms with Crippen molar-refractivity contribution in [2.24, 2.45) is 29.6 Å². The Labute approximate surface area is 280 Å². The topological polar surface area (TPSA) is 109 Å². The smallest absolute Gasteiger partial charge is 0.418 e. The molecule has 7 atom stereocenters. The van der Waals surface area contributed by atoms with Gasteiger partial charge in [-0.3, -0.25) is 19.2 Å². The number of carbonyl (C=O) groups is 3. The molecule has 8 rings (SSSR count). The van der Waals surface area contributed by atoms with Crippen molar-refractivity contribution >= 4 is 52.2 Å². The number of H-pyrrole nitrogens is 1. The van der Waals surface area contributed by atoms with Gasteiger partial charge in [-0.1, -0.05) is 59.4 Å². The summed E-state index contributed by atoms with van der Waals surface area (Å²) in [6.07, 6.45) is -4.18. The van der Waals surface area contributed by atoms with E-state index in [1.54, 1.807) is 24.3 Å². The monoisotopic (exact) mass is 691 g/mol. The number of halogens is 3. The van der Waals surface area contributed by atoms with E-state index in [0.717, 1.165) is 38.3 Å². The minimum atomic E-state index is -4.75. The number of nitrogens with one attached hydrogen (secondary N) is 2. The summed E-state index contributed by atoms with van der Waals surface area (Å²) in [7, 11) is 0. The molecule has 0 spiro atoms. The van der Waals surface area contributed by atoms with E-state index in [1.807, 2.05) is 31.2 Å². The zero-order chi connectivity index (χ0) is 33.5. The van der Waals surface area contributed by atoms with Gasteiger partial charge in [0.25, 0.3) is 5.91 Å². The molecule has 4 aromatic rings. The highest BCUT2D eigenvalue weighted by molar-refractivity contribution is 8.00. The number of thioether (sulfide) groups is 1. The van der Waals surface area contributed by atoms with Crippen molar-refractivity contribution < 1.29 is 32.3 Å². The second-order valence-electron chi connectivity index (χ2n) is 12.7. The molecule has 48 heavy (non-hydrogen) atoms. The number of aromatic nitrogens is 1. The molecule has 3 aromatic carbocycles. The lowest BCUT2D eigenvalue weighted by molar-refractivity contribution is -0.137.